The molecule has 1 aromatic carbocycles. The molecule has 2 aromatic rings. The standard InChI is InChI=1S/C18H23N3O3/c1-20-9-11-21(12-10-20)15-5-3-14(4-6-15)19-18(22)17-8-7-16(24-17)13-23-2/h3-8H,9-13H2,1-2H3,(H,19,22). The van der Waals surface area contributed by atoms with Gasteiger partial charge in [0.15, 0.2) is 5.76 Å². The van der Waals surface area contributed by atoms with Crippen LogP contribution >= 0.6 is 0 Å². The van der Waals surface area contributed by atoms with Crippen LogP contribution in [0.2, 0.25) is 0 Å². The Hall–Kier alpha value is -2.31. The first-order valence-electron chi connectivity index (χ1n) is 8.08. The van der Waals surface area contributed by atoms with Crippen molar-refractivity contribution in [1.82, 2.24) is 4.90 Å². The van der Waals surface area contributed by atoms with Crippen LogP contribution in [0.5, 0.6) is 0 Å². The maximum atomic E-state index is 12.2. The Kier molecular flexibility index (Phi) is 5.17. The summed E-state index contributed by atoms with van der Waals surface area (Å²) in [6.45, 7) is 4.54. The first kappa shape index (κ1) is 16.5. The van der Waals surface area contributed by atoms with E-state index < -0.39 is 0 Å². The molecule has 1 aliphatic rings. The van der Waals surface area contributed by atoms with E-state index in [-0.39, 0.29) is 11.7 Å². The number of nitrogens with one attached hydrogen (secondary N) is 1. The molecule has 2 heterocycles. The maximum Gasteiger partial charge on any atom is 0.291 e. The van der Waals surface area contributed by atoms with Gasteiger partial charge in [-0.2, -0.15) is 0 Å². The summed E-state index contributed by atoms with van der Waals surface area (Å²) in [6, 6.07) is 11.3. The number of methoxy groups -OCH3 is 1. The minimum Gasteiger partial charge on any atom is -0.453 e. The normalized spacial score (nSPS) is 15.5. The molecule has 6 nitrogen and oxygen atoms in total. The molecule has 0 spiro atoms. The number of carbonyl (C=O) groups is 1. The van der Waals surface area contributed by atoms with Gasteiger partial charge in [0, 0.05) is 44.7 Å². The molecule has 1 amide bonds. The van der Waals surface area contributed by atoms with Gasteiger partial charge >= 0.3 is 0 Å². The van der Waals surface area contributed by atoms with Crippen molar-refractivity contribution in [3.63, 3.8) is 0 Å². The first-order chi connectivity index (χ1) is 11.7. The van der Waals surface area contributed by atoms with Crippen molar-refractivity contribution in [3.8, 4) is 0 Å². The fourth-order valence-corrected chi connectivity index (χ4v) is 2.73. The van der Waals surface area contributed by atoms with E-state index in [0.29, 0.717) is 12.4 Å². The van der Waals surface area contributed by atoms with E-state index >= 15 is 0 Å². The third-order valence-electron chi connectivity index (χ3n) is 4.17. The summed E-state index contributed by atoms with van der Waals surface area (Å²) in [5.41, 5.74) is 1.93. The number of anilines is 2. The molecule has 24 heavy (non-hydrogen) atoms. The lowest BCUT2D eigenvalue weighted by molar-refractivity contribution is 0.0987. The molecule has 0 unspecified atom stereocenters. The van der Waals surface area contributed by atoms with Gasteiger partial charge in [0.05, 0.1) is 0 Å². The Labute approximate surface area is 142 Å². The van der Waals surface area contributed by atoms with Crippen molar-refractivity contribution in [2.75, 3.05) is 50.6 Å². The quantitative estimate of drug-likeness (QED) is 0.913. The number of hydrogen-bond acceptors (Lipinski definition) is 5. The molecule has 0 bridgehead atoms. The van der Waals surface area contributed by atoms with Crippen LogP contribution in [0.25, 0.3) is 0 Å². The third-order valence-corrected chi connectivity index (χ3v) is 4.17. The number of ether oxygens (including phenoxy) is 1. The molecular formula is C18H23N3O3. The van der Waals surface area contributed by atoms with Gasteiger partial charge in [-0.05, 0) is 43.4 Å². The van der Waals surface area contributed by atoms with Crippen molar-refractivity contribution in [1.29, 1.82) is 0 Å². The Morgan fingerprint density at radius 1 is 1.12 bits per heavy atom. The Balaban J connectivity index is 1.60. The van der Waals surface area contributed by atoms with E-state index in [4.69, 9.17) is 9.15 Å². The summed E-state index contributed by atoms with van der Waals surface area (Å²) in [4.78, 5) is 16.9. The lowest BCUT2D eigenvalue weighted by Crippen LogP contribution is -2.44. The highest BCUT2D eigenvalue weighted by Gasteiger charge is 2.15. The number of furan rings is 1. The minimum atomic E-state index is -0.260. The Bertz CT molecular complexity index is 673. The molecule has 1 fully saturated rings. The molecule has 0 radical (unpaired) electrons. The van der Waals surface area contributed by atoms with Gasteiger partial charge < -0.3 is 24.3 Å². The molecule has 0 atom stereocenters. The van der Waals surface area contributed by atoms with Crippen molar-refractivity contribution >= 4 is 17.3 Å². The number of hydrogen-bond donors (Lipinski definition) is 1. The van der Waals surface area contributed by atoms with Crippen LogP contribution in [-0.2, 0) is 11.3 Å². The van der Waals surface area contributed by atoms with Crippen LogP contribution in [0.1, 0.15) is 16.3 Å². The second-order valence-corrected chi connectivity index (χ2v) is 5.99. The number of likely N-dealkylation sites (N-methyl/N-ethyl adjacent to an activating group) is 1. The van der Waals surface area contributed by atoms with E-state index in [9.17, 15) is 4.79 Å². The molecule has 1 aromatic heterocycles. The van der Waals surface area contributed by atoms with Gasteiger partial charge in [-0.25, -0.2) is 0 Å². The second-order valence-electron chi connectivity index (χ2n) is 5.99. The number of piperazine rings is 1. The summed E-state index contributed by atoms with van der Waals surface area (Å²) in [7, 11) is 3.73. The maximum absolute atomic E-state index is 12.2. The van der Waals surface area contributed by atoms with E-state index in [1.807, 2.05) is 24.3 Å². The van der Waals surface area contributed by atoms with Crippen LogP contribution < -0.4 is 10.2 Å². The lowest BCUT2D eigenvalue weighted by atomic mass is 10.2. The third kappa shape index (κ3) is 3.96. The van der Waals surface area contributed by atoms with Crippen molar-refractivity contribution < 1.29 is 13.9 Å². The molecular weight excluding hydrogens is 306 g/mol. The predicted octanol–water partition coefficient (Wildman–Crippen LogP) is 2.43. The highest BCUT2D eigenvalue weighted by atomic mass is 16.5. The van der Waals surface area contributed by atoms with Crippen LogP contribution in [-0.4, -0.2) is 51.1 Å². The van der Waals surface area contributed by atoms with Gasteiger partial charge in [-0.15, -0.1) is 0 Å². The van der Waals surface area contributed by atoms with E-state index in [0.717, 1.165) is 31.9 Å². The molecule has 3 rings (SSSR count). The fourth-order valence-electron chi connectivity index (χ4n) is 2.73. The molecule has 1 saturated heterocycles. The van der Waals surface area contributed by atoms with E-state index in [1.54, 1.807) is 19.2 Å². The first-order valence-corrected chi connectivity index (χ1v) is 8.08. The van der Waals surface area contributed by atoms with Crippen molar-refractivity contribution in [3.05, 3.63) is 47.9 Å². The summed E-state index contributed by atoms with van der Waals surface area (Å²) in [5.74, 6) is 0.656. The predicted molar refractivity (Wildman–Crippen MR) is 93.5 cm³/mol. The number of carbonyl (C=O) groups excluding carboxylic acids is 1. The molecule has 1 N–H and O–H groups in total. The lowest BCUT2D eigenvalue weighted by Gasteiger charge is -2.34. The molecule has 128 valence electrons. The van der Waals surface area contributed by atoms with E-state index in [2.05, 4.69) is 22.2 Å². The highest BCUT2D eigenvalue weighted by molar-refractivity contribution is 6.02. The molecule has 6 heteroatoms. The number of benzene rings is 1. The highest BCUT2D eigenvalue weighted by Crippen LogP contribution is 2.20. The average molecular weight is 329 g/mol. The summed E-state index contributed by atoms with van der Waals surface area (Å²) < 4.78 is 10.4. The largest absolute Gasteiger partial charge is 0.453 e. The summed E-state index contributed by atoms with van der Waals surface area (Å²) in [5, 5.41) is 2.85. The number of amides is 1. The smallest absolute Gasteiger partial charge is 0.291 e. The number of rotatable bonds is 5. The van der Waals surface area contributed by atoms with Gasteiger partial charge in [0.2, 0.25) is 0 Å². The van der Waals surface area contributed by atoms with Gasteiger partial charge in [0.25, 0.3) is 5.91 Å². The van der Waals surface area contributed by atoms with Gasteiger partial charge in [0.1, 0.15) is 12.4 Å². The van der Waals surface area contributed by atoms with Crippen molar-refractivity contribution in [2.45, 2.75) is 6.61 Å². The fraction of sp³-hybridized carbons (Fsp3) is 0.389. The van der Waals surface area contributed by atoms with Crippen LogP contribution in [0.15, 0.2) is 40.8 Å². The minimum absolute atomic E-state index is 0.260. The van der Waals surface area contributed by atoms with E-state index in [1.165, 1.54) is 5.69 Å². The average Bonchev–Trinajstić information content (AvgIpc) is 3.06. The Morgan fingerprint density at radius 2 is 1.83 bits per heavy atom. The van der Waals surface area contributed by atoms with Crippen molar-refractivity contribution in [2.24, 2.45) is 0 Å². The molecule has 0 saturated carbocycles. The van der Waals surface area contributed by atoms with Crippen LogP contribution in [0, 0.1) is 0 Å². The van der Waals surface area contributed by atoms with Gasteiger partial charge in [-0.3, -0.25) is 4.79 Å². The second kappa shape index (κ2) is 7.51. The SMILES string of the molecule is COCc1ccc(C(=O)Nc2ccc(N3CCN(C)CC3)cc2)o1. The van der Waals surface area contributed by atoms with Gasteiger partial charge in [-0.1, -0.05) is 0 Å². The van der Waals surface area contributed by atoms with Crippen LogP contribution in [0.4, 0.5) is 11.4 Å². The summed E-state index contributed by atoms with van der Waals surface area (Å²) >= 11 is 0. The molecule has 1 aliphatic heterocycles. The van der Waals surface area contributed by atoms with Crippen LogP contribution in [0.3, 0.4) is 0 Å². The summed E-state index contributed by atoms with van der Waals surface area (Å²) in [6.07, 6.45) is 0. The zero-order chi connectivity index (χ0) is 16.9. The molecule has 0 aliphatic carbocycles. The monoisotopic (exact) mass is 329 g/mol. The number of nitrogens with zero attached hydrogens (tertiary/aromatic N) is 2. The topological polar surface area (TPSA) is 58.0 Å². The Morgan fingerprint density at radius 3 is 2.50 bits per heavy atom. The zero-order valence-corrected chi connectivity index (χ0v) is 14.1. The zero-order valence-electron chi connectivity index (χ0n) is 14.1.